The summed E-state index contributed by atoms with van der Waals surface area (Å²) >= 11 is 0. The summed E-state index contributed by atoms with van der Waals surface area (Å²) in [6, 6.07) is 16.4. The predicted octanol–water partition coefficient (Wildman–Crippen LogP) is 3.31. The lowest BCUT2D eigenvalue weighted by molar-refractivity contribution is 0.0935. The molecule has 0 aliphatic heterocycles. The van der Waals surface area contributed by atoms with E-state index in [-0.39, 0.29) is 23.6 Å². The van der Waals surface area contributed by atoms with Crippen LogP contribution in [0.25, 0.3) is 0 Å². The van der Waals surface area contributed by atoms with E-state index in [1.54, 1.807) is 12.1 Å². The number of hydrogen-bond acceptors (Lipinski definition) is 2. The van der Waals surface area contributed by atoms with E-state index in [9.17, 15) is 9.90 Å². The third-order valence-corrected chi connectivity index (χ3v) is 3.56. The van der Waals surface area contributed by atoms with Crippen molar-refractivity contribution < 1.29 is 9.90 Å². The van der Waals surface area contributed by atoms with Gasteiger partial charge in [-0.1, -0.05) is 37.3 Å². The Morgan fingerprint density at radius 1 is 1.00 bits per heavy atom. The fraction of sp³-hybridized carbons (Fsp3) is 0.235. The summed E-state index contributed by atoms with van der Waals surface area (Å²) in [6.45, 7) is 4.09. The first-order chi connectivity index (χ1) is 9.58. The van der Waals surface area contributed by atoms with E-state index in [1.165, 1.54) is 17.7 Å². The van der Waals surface area contributed by atoms with Gasteiger partial charge in [0.2, 0.25) is 0 Å². The number of nitrogens with one attached hydrogen (secondary N) is 1. The monoisotopic (exact) mass is 269 g/mol. The van der Waals surface area contributed by atoms with Crippen LogP contribution in [0.2, 0.25) is 0 Å². The Hall–Kier alpha value is -2.29. The molecule has 104 valence electrons. The van der Waals surface area contributed by atoms with E-state index in [4.69, 9.17) is 0 Å². The maximum atomic E-state index is 12.1. The number of amides is 1. The van der Waals surface area contributed by atoms with Crippen LogP contribution in [-0.4, -0.2) is 17.1 Å². The zero-order valence-corrected chi connectivity index (χ0v) is 11.7. The zero-order valence-electron chi connectivity index (χ0n) is 11.7. The molecule has 2 atom stereocenters. The molecule has 0 bridgehead atoms. The van der Waals surface area contributed by atoms with E-state index in [1.807, 2.05) is 25.1 Å². The normalized spacial score (nSPS) is 13.5. The summed E-state index contributed by atoms with van der Waals surface area (Å²) in [4.78, 5) is 12.1. The molecule has 1 amide bonds. The minimum absolute atomic E-state index is 0.0266. The highest BCUT2D eigenvalue weighted by Gasteiger charge is 2.17. The molecule has 0 fully saturated rings. The van der Waals surface area contributed by atoms with Crippen molar-refractivity contribution in [2.75, 3.05) is 0 Å². The number of benzene rings is 2. The third kappa shape index (κ3) is 3.38. The van der Waals surface area contributed by atoms with Crippen LogP contribution in [0.1, 0.15) is 35.7 Å². The first-order valence-electron chi connectivity index (χ1n) is 6.73. The van der Waals surface area contributed by atoms with Gasteiger partial charge in [-0.15, -0.1) is 0 Å². The lowest BCUT2D eigenvalue weighted by Gasteiger charge is -2.21. The summed E-state index contributed by atoms with van der Waals surface area (Å²) in [5.74, 6) is 0.268. The molecule has 0 aliphatic rings. The number of hydrogen-bond donors (Lipinski definition) is 2. The van der Waals surface area contributed by atoms with Gasteiger partial charge in [0, 0.05) is 17.5 Å². The van der Waals surface area contributed by atoms with Gasteiger partial charge in [0.05, 0.1) is 0 Å². The quantitative estimate of drug-likeness (QED) is 0.894. The Balaban J connectivity index is 2.02. The fourth-order valence-corrected chi connectivity index (χ4v) is 2.07. The van der Waals surface area contributed by atoms with Crippen molar-refractivity contribution in [2.45, 2.75) is 25.8 Å². The summed E-state index contributed by atoms with van der Waals surface area (Å²) in [5, 5.41) is 12.2. The van der Waals surface area contributed by atoms with Crippen LogP contribution < -0.4 is 5.32 Å². The average molecular weight is 269 g/mol. The van der Waals surface area contributed by atoms with Crippen molar-refractivity contribution >= 4 is 5.91 Å². The fourth-order valence-electron chi connectivity index (χ4n) is 2.07. The lowest BCUT2D eigenvalue weighted by atomic mass is 9.94. The molecule has 20 heavy (non-hydrogen) atoms. The third-order valence-electron chi connectivity index (χ3n) is 3.56. The van der Waals surface area contributed by atoms with Crippen molar-refractivity contribution in [1.29, 1.82) is 0 Å². The molecule has 0 radical (unpaired) electrons. The van der Waals surface area contributed by atoms with Gasteiger partial charge in [-0.2, -0.15) is 0 Å². The van der Waals surface area contributed by atoms with Crippen LogP contribution in [0.3, 0.4) is 0 Å². The van der Waals surface area contributed by atoms with Crippen LogP contribution in [0, 0.1) is 0 Å². The maximum absolute atomic E-state index is 12.1. The van der Waals surface area contributed by atoms with Gasteiger partial charge in [-0.3, -0.25) is 4.79 Å². The highest BCUT2D eigenvalue weighted by Crippen LogP contribution is 2.19. The van der Waals surface area contributed by atoms with Gasteiger partial charge in [0.25, 0.3) is 5.91 Å². The molecular weight excluding hydrogens is 250 g/mol. The van der Waals surface area contributed by atoms with Crippen LogP contribution in [0.15, 0.2) is 54.6 Å². The molecule has 0 aliphatic carbocycles. The van der Waals surface area contributed by atoms with Gasteiger partial charge >= 0.3 is 0 Å². The second-order valence-electron chi connectivity index (χ2n) is 5.01. The number of phenolic OH excluding ortho intramolecular Hbond substituents is 1. The molecule has 2 rings (SSSR count). The Labute approximate surface area is 119 Å². The molecule has 3 heteroatoms. The first kappa shape index (κ1) is 14.1. The smallest absolute Gasteiger partial charge is 0.251 e. The van der Waals surface area contributed by atoms with Gasteiger partial charge in [0.1, 0.15) is 5.75 Å². The predicted molar refractivity (Wildman–Crippen MR) is 79.9 cm³/mol. The minimum Gasteiger partial charge on any atom is -0.508 e. The number of aromatic hydroxyl groups is 1. The summed E-state index contributed by atoms with van der Waals surface area (Å²) in [6.07, 6.45) is 0. The lowest BCUT2D eigenvalue weighted by Crippen LogP contribution is -2.36. The molecular formula is C17H19NO2. The Kier molecular flexibility index (Phi) is 4.41. The summed E-state index contributed by atoms with van der Waals surface area (Å²) in [5.41, 5.74) is 1.75. The van der Waals surface area contributed by atoms with Crippen LogP contribution in [-0.2, 0) is 0 Å². The Bertz CT molecular complexity index is 563. The number of phenols is 1. The summed E-state index contributed by atoms with van der Waals surface area (Å²) < 4.78 is 0. The number of carbonyl (C=O) groups excluding carboxylic acids is 1. The standard InChI is InChI=1S/C17H19NO2/c1-12(14-6-4-3-5-7-14)13(2)18-17(20)15-8-10-16(19)11-9-15/h3-13,19H,1-2H3,(H,18,20). The molecule has 0 heterocycles. The molecule has 2 aromatic rings. The van der Waals surface area contributed by atoms with Crippen molar-refractivity contribution in [1.82, 2.24) is 5.32 Å². The van der Waals surface area contributed by atoms with Gasteiger partial charge in [0.15, 0.2) is 0 Å². The van der Waals surface area contributed by atoms with Gasteiger partial charge in [-0.05, 0) is 36.8 Å². The van der Waals surface area contributed by atoms with E-state index in [2.05, 4.69) is 24.4 Å². The van der Waals surface area contributed by atoms with Crippen molar-refractivity contribution in [2.24, 2.45) is 0 Å². The number of rotatable bonds is 4. The molecule has 0 aromatic heterocycles. The van der Waals surface area contributed by atoms with Crippen LogP contribution in [0.4, 0.5) is 0 Å². The van der Waals surface area contributed by atoms with Crippen molar-refractivity contribution in [3.63, 3.8) is 0 Å². The highest BCUT2D eigenvalue weighted by molar-refractivity contribution is 5.94. The van der Waals surface area contributed by atoms with Crippen molar-refractivity contribution in [3.05, 3.63) is 65.7 Å². The topological polar surface area (TPSA) is 49.3 Å². The molecule has 0 spiro atoms. The average Bonchev–Trinajstić information content (AvgIpc) is 2.48. The van der Waals surface area contributed by atoms with Gasteiger partial charge in [-0.25, -0.2) is 0 Å². The molecule has 0 saturated heterocycles. The minimum atomic E-state index is -0.125. The Morgan fingerprint density at radius 2 is 1.60 bits per heavy atom. The van der Waals surface area contributed by atoms with E-state index >= 15 is 0 Å². The zero-order chi connectivity index (χ0) is 14.5. The largest absolute Gasteiger partial charge is 0.508 e. The molecule has 2 N–H and O–H groups in total. The Morgan fingerprint density at radius 3 is 2.20 bits per heavy atom. The SMILES string of the molecule is CC(NC(=O)c1ccc(O)cc1)C(C)c1ccccc1. The van der Waals surface area contributed by atoms with E-state index < -0.39 is 0 Å². The second kappa shape index (κ2) is 6.24. The number of carbonyl (C=O) groups is 1. The second-order valence-corrected chi connectivity index (χ2v) is 5.01. The molecule has 3 nitrogen and oxygen atoms in total. The first-order valence-corrected chi connectivity index (χ1v) is 6.73. The van der Waals surface area contributed by atoms with Crippen LogP contribution in [0.5, 0.6) is 5.75 Å². The van der Waals surface area contributed by atoms with Gasteiger partial charge < -0.3 is 10.4 Å². The van der Waals surface area contributed by atoms with Crippen molar-refractivity contribution in [3.8, 4) is 5.75 Å². The van der Waals surface area contributed by atoms with Crippen LogP contribution >= 0.6 is 0 Å². The highest BCUT2D eigenvalue weighted by atomic mass is 16.3. The van der Waals surface area contributed by atoms with E-state index in [0.717, 1.165) is 0 Å². The maximum Gasteiger partial charge on any atom is 0.251 e. The molecule has 0 saturated carbocycles. The molecule has 2 unspecified atom stereocenters. The summed E-state index contributed by atoms with van der Waals surface area (Å²) in [7, 11) is 0. The molecule has 2 aromatic carbocycles. The van der Waals surface area contributed by atoms with E-state index in [0.29, 0.717) is 5.56 Å².